The molecular weight excluding hydrogens is 438 g/mol. The minimum atomic E-state index is -1.32. The van der Waals surface area contributed by atoms with Gasteiger partial charge in [0.1, 0.15) is 16.0 Å². The zero-order valence-electron chi connectivity index (χ0n) is 16.0. The van der Waals surface area contributed by atoms with E-state index in [9.17, 15) is 27.5 Å². The fraction of sp³-hybridized carbons (Fsp3) is 0.150. The van der Waals surface area contributed by atoms with Crippen LogP contribution in [-0.2, 0) is 6.54 Å². The molecule has 0 unspecified atom stereocenters. The summed E-state index contributed by atoms with van der Waals surface area (Å²) < 4.78 is 61.3. The van der Waals surface area contributed by atoms with Gasteiger partial charge in [-0.3, -0.25) is 0 Å². The number of nitrogens with one attached hydrogen (secondary N) is 1. The third-order valence-corrected chi connectivity index (χ3v) is 4.73. The van der Waals surface area contributed by atoms with Crippen LogP contribution >= 0.6 is 12.2 Å². The Morgan fingerprint density at radius 1 is 1.23 bits per heavy atom. The van der Waals surface area contributed by atoms with Crippen LogP contribution in [0, 0.1) is 27.9 Å². The summed E-state index contributed by atoms with van der Waals surface area (Å²) in [5.41, 5.74) is -0.538. The fourth-order valence-electron chi connectivity index (χ4n) is 2.88. The van der Waals surface area contributed by atoms with Crippen molar-refractivity contribution in [2.75, 3.05) is 11.9 Å². The molecule has 0 radical (unpaired) electrons. The molecule has 0 amide bonds. The van der Waals surface area contributed by atoms with Crippen molar-refractivity contribution in [2.45, 2.75) is 13.5 Å². The summed E-state index contributed by atoms with van der Waals surface area (Å²) in [5, 5.41) is 12.8. The minimum Gasteiger partial charge on any atom is -0.506 e. The molecule has 0 fully saturated rings. The van der Waals surface area contributed by atoms with E-state index in [0.29, 0.717) is 12.1 Å². The van der Waals surface area contributed by atoms with Crippen LogP contribution in [0.25, 0.3) is 10.9 Å². The van der Waals surface area contributed by atoms with E-state index < -0.39 is 52.2 Å². The van der Waals surface area contributed by atoms with Crippen molar-refractivity contribution in [1.82, 2.24) is 9.55 Å². The number of hydrogen-bond donors (Lipinski definition) is 2. The van der Waals surface area contributed by atoms with Crippen molar-refractivity contribution in [3.63, 3.8) is 0 Å². The molecule has 0 aliphatic rings. The monoisotopic (exact) mass is 453 g/mol. The molecule has 6 nitrogen and oxygen atoms in total. The molecule has 0 bridgehead atoms. The van der Waals surface area contributed by atoms with Crippen molar-refractivity contribution in [1.29, 1.82) is 0 Å². The Hall–Kier alpha value is -3.47. The van der Waals surface area contributed by atoms with Crippen LogP contribution in [0.4, 0.5) is 23.4 Å². The molecule has 2 heterocycles. The number of esters is 1. The molecule has 0 atom stereocenters. The number of halogens is 4. The van der Waals surface area contributed by atoms with Crippen LogP contribution in [0.2, 0.25) is 0 Å². The Morgan fingerprint density at radius 3 is 2.55 bits per heavy atom. The molecule has 3 aromatic rings. The highest BCUT2D eigenvalue weighted by atomic mass is 32.1. The number of anilines is 1. The van der Waals surface area contributed by atoms with Gasteiger partial charge in [-0.25, -0.2) is 22.4 Å². The van der Waals surface area contributed by atoms with Gasteiger partial charge < -0.3 is 19.7 Å². The third-order valence-electron chi connectivity index (χ3n) is 4.30. The molecule has 11 heteroatoms. The molecule has 0 saturated heterocycles. The van der Waals surface area contributed by atoms with Gasteiger partial charge in [0.15, 0.2) is 29.1 Å². The maximum absolute atomic E-state index is 14.1. The maximum atomic E-state index is 14.1. The highest BCUT2D eigenvalue weighted by molar-refractivity contribution is 7.71. The van der Waals surface area contributed by atoms with E-state index in [1.165, 1.54) is 10.6 Å². The summed E-state index contributed by atoms with van der Waals surface area (Å²) in [6.45, 7) is 5.31. The average Bonchev–Trinajstić information content (AvgIpc) is 2.71. The van der Waals surface area contributed by atoms with Gasteiger partial charge in [0.2, 0.25) is 0 Å². The summed E-state index contributed by atoms with van der Waals surface area (Å²) in [6, 6.07) is 1.99. The number of benzene rings is 1. The zero-order valence-corrected chi connectivity index (χ0v) is 16.8. The number of nitrogens with zero attached hydrogens (tertiary/aromatic N) is 2. The molecule has 0 saturated carbocycles. The van der Waals surface area contributed by atoms with E-state index >= 15 is 0 Å². The van der Waals surface area contributed by atoms with Crippen LogP contribution in [-0.4, -0.2) is 27.2 Å². The lowest BCUT2D eigenvalue weighted by atomic mass is 10.1. The van der Waals surface area contributed by atoms with E-state index in [2.05, 4.69) is 16.9 Å². The zero-order chi connectivity index (χ0) is 22.9. The third kappa shape index (κ3) is 4.08. The highest BCUT2D eigenvalue weighted by Crippen LogP contribution is 2.33. The summed E-state index contributed by atoms with van der Waals surface area (Å²) in [7, 11) is 0. The molecule has 2 N–H and O–H groups in total. The van der Waals surface area contributed by atoms with Crippen LogP contribution in [0.5, 0.6) is 11.6 Å². The minimum absolute atomic E-state index is 0.0439. The second kappa shape index (κ2) is 8.72. The second-order valence-electron chi connectivity index (χ2n) is 6.22. The lowest BCUT2D eigenvalue weighted by Crippen LogP contribution is -2.16. The first-order valence-electron chi connectivity index (χ1n) is 8.87. The predicted molar refractivity (Wildman–Crippen MR) is 108 cm³/mol. The fourth-order valence-corrected chi connectivity index (χ4v) is 3.29. The van der Waals surface area contributed by atoms with E-state index in [1.54, 1.807) is 6.92 Å². The van der Waals surface area contributed by atoms with Gasteiger partial charge in [0.05, 0.1) is 5.52 Å². The van der Waals surface area contributed by atoms with Crippen LogP contribution in [0.3, 0.4) is 0 Å². The number of ether oxygens (including phenoxy) is 1. The Morgan fingerprint density at radius 2 is 1.90 bits per heavy atom. The Bertz CT molecular complexity index is 1280. The van der Waals surface area contributed by atoms with Gasteiger partial charge in [0.25, 0.3) is 5.88 Å². The van der Waals surface area contributed by atoms with Gasteiger partial charge in [0, 0.05) is 30.6 Å². The van der Waals surface area contributed by atoms with E-state index in [1.807, 2.05) is 0 Å². The summed E-state index contributed by atoms with van der Waals surface area (Å²) in [5.74, 6) is -8.10. The summed E-state index contributed by atoms with van der Waals surface area (Å²) >= 11 is 5.20. The number of aromatic hydroxyl groups is 1. The standard InChI is InChI=1S/C20H15F4N3O3S/c1-3-5-25-17-12(23)7-13(24)18(26-17)30-20(29)15-16(28)9-6-10(21)11(22)8-14(9)27(4-2)19(15)31/h3,6-8,28H,1,4-5H2,2H3,(H,25,26). The van der Waals surface area contributed by atoms with E-state index in [-0.39, 0.29) is 28.6 Å². The average molecular weight is 453 g/mol. The quantitative estimate of drug-likeness (QED) is 0.240. The molecule has 1 aromatic carbocycles. The number of aryl methyl sites for hydroxylation is 1. The van der Waals surface area contributed by atoms with Crippen molar-refractivity contribution < 1.29 is 32.2 Å². The number of carbonyl (C=O) groups is 1. The van der Waals surface area contributed by atoms with E-state index in [4.69, 9.17) is 17.0 Å². The smallest absolute Gasteiger partial charge is 0.351 e. The highest BCUT2D eigenvalue weighted by Gasteiger charge is 2.25. The normalized spacial score (nSPS) is 10.9. The first-order chi connectivity index (χ1) is 14.7. The molecule has 31 heavy (non-hydrogen) atoms. The predicted octanol–water partition coefficient (Wildman–Crippen LogP) is 4.86. The van der Waals surface area contributed by atoms with Gasteiger partial charge in [-0.05, 0) is 13.0 Å². The number of aromatic nitrogens is 2. The van der Waals surface area contributed by atoms with Crippen LogP contribution < -0.4 is 10.1 Å². The van der Waals surface area contributed by atoms with Gasteiger partial charge in [-0.2, -0.15) is 4.98 Å². The number of rotatable bonds is 6. The Kier molecular flexibility index (Phi) is 6.25. The topological polar surface area (TPSA) is 76.4 Å². The lowest BCUT2D eigenvalue weighted by Gasteiger charge is -2.15. The van der Waals surface area contributed by atoms with Crippen molar-refractivity contribution in [2.24, 2.45) is 0 Å². The molecule has 2 aromatic heterocycles. The Balaban J connectivity index is 2.12. The maximum Gasteiger partial charge on any atom is 0.351 e. The Labute approximate surface area is 178 Å². The molecule has 162 valence electrons. The lowest BCUT2D eigenvalue weighted by molar-refractivity contribution is 0.0715. The number of carbonyl (C=O) groups excluding carboxylic acids is 1. The van der Waals surface area contributed by atoms with Crippen LogP contribution in [0.15, 0.2) is 30.9 Å². The number of fused-ring (bicyclic) bond motifs is 1. The van der Waals surface area contributed by atoms with E-state index in [0.717, 1.165) is 6.07 Å². The second-order valence-corrected chi connectivity index (χ2v) is 6.61. The van der Waals surface area contributed by atoms with Gasteiger partial charge in [-0.1, -0.05) is 18.3 Å². The van der Waals surface area contributed by atoms with Crippen LogP contribution in [0.1, 0.15) is 17.3 Å². The summed E-state index contributed by atoms with van der Waals surface area (Å²) in [6.07, 6.45) is 1.40. The van der Waals surface area contributed by atoms with Gasteiger partial charge in [-0.15, -0.1) is 6.58 Å². The van der Waals surface area contributed by atoms with Crippen molar-refractivity contribution >= 4 is 34.9 Å². The number of pyridine rings is 2. The van der Waals surface area contributed by atoms with Crippen molar-refractivity contribution in [3.05, 3.63) is 64.3 Å². The first-order valence-corrected chi connectivity index (χ1v) is 9.27. The molecule has 3 rings (SSSR count). The molecule has 0 aliphatic carbocycles. The molecule has 0 aliphatic heterocycles. The summed E-state index contributed by atoms with van der Waals surface area (Å²) in [4.78, 5) is 16.3. The van der Waals surface area contributed by atoms with Crippen molar-refractivity contribution in [3.8, 4) is 11.6 Å². The number of hydrogen-bond acceptors (Lipinski definition) is 6. The largest absolute Gasteiger partial charge is 0.506 e. The van der Waals surface area contributed by atoms with Gasteiger partial charge >= 0.3 is 5.97 Å². The molecule has 0 spiro atoms. The first kappa shape index (κ1) is 22.2. The SMILES string of the molecule is C=CCNc1nc(OC(=O)c2c(O)c3cc(F)c(F)cc3n(CC)c2=S)c(F)cc1F. The molecular formula is C20H15F4N3O3S.